The maximum Gasteiger partial charge on any atom is 0.0271 e. The van der Waals surface area contributed by atoms with E-state index in [-0.39, 0.29) is 0 Å². The molecule has 2 heteroatoms. The van der Waals surface area contributed by atoms with Crippen molar-refractivity contribution >= 4 is 0 Å². The molecule has 0 saturated heterocycles. The van der Waals surface area contributed by atoms with E-state index in [2.05, 4.69) is 51.9 Å². The zero-order chi connectivity index (χ0) is 11.6. The number of hydrogen-bond donors (Lipinski definition) is 1. The number of likely N-dealkylation sites (N-methyl/N-ethyl adjacent to an activating group) is 2. The van der Waals surface area contributed by atoms with Gasteiger partial charge in [0.1, 0.15) is 0 Å². The van der Waals surface area contributed by atoms with Crippen LogP contribution in [0.25, 0.3) is 0 Å². The van der Waals surface area contributed by atoms with Gasteiger partial charge in [-0.05, 0) is 45.7 Å². The lowest BCUT2D eigenvalue weighted by Gasteiger charge is -2.38. The highest BCUT2D eigenvalue weighted by Crippen LogP contribution is 2.40. The van der Waals surface area contributed by atoms with Gasteiger partial charge in [0.2, 0.25) is 0 Å². The summed E-state index contributed by atoms with van der Waals surface area (Å²) < 4.78 is 0. The first-order chi connectivity index (χ1) is 6.94. The van der Waals surface area contributed by atoms with Crippen molar-refractivity contribution in [3.63, 3.8) is 0 Å². The van der Waals surface area contributed by atoms with Crippen LogP contribution in [0, 0.1) is 5.41 Å². The molecule has 0 aliphatic heterocycles. The van der Waals surface area contributed by atoms with E-state index in [1.165, 1.54) is 12.8 Å². The molecule has 2 nitrogen and oxygen atoms in total. The summed E-state index contributed by atoms with van der Waals surface area (Å²) in [7, 11) is 2.11. The third kappa shape index (κ3) is 2.54. The standard InChI is InChI=1S/C13H28N2/c1-7-15(10(2)3)11-8-9-13(4,5)12(11)14-6/h10-12,14H,7-9H2,1-6H3. The van der Waals surface area contributed by atoms with Crippen LogP contribution in [0.4, 0.5) is 0 Å². The topological polar surface area (TPSA) is 15.3 Å². The minimum Gasteiger partial charge on any atom is -0.315 e. The van der Waals surface area contributed by atoms with Gasteiger partial charge in [-0.1, -0.05) is 20.8 Å². The van der Waals surface area contributed by atoms with E-state index in [1.807, 2.05) is 0 Å². The average molecular weight is 212 g/mol. The van der Waals surface area contributed by atoms with Crippen LogP contribution in [0.5, 0.6) is 0 Å². The summed E-state index contributed by atoms with van der Waals surface area (Å²) in [6.07, 6.45) is 2.68. The maximum atomic E-state index is 3.53. The van der Waals surface area contributed by atoms with Gasteiger partial charge in [0.15, 0.2) is 0 Å². The Morgan fingerprint density at radius 1 is 1.40 bits per heavy atom. The predicted molar refractivity (Wildman–Crippen MR) is 67.2 cm³/mol. The van der Waals surface area contributed by atoms with Crippen molar-refractivity contribution in [3.8, 4) is 0 Å². The molecule has 0 aromatic carbocycles. The predicted octanol–water partition coefficient (Wildman–Crippen LogP) is 2.49. The largest absolute Gasteiger partial charge is 0.315 e. The molecule has 15 heavy (non-hydrogen) atoms. The van der Waals surface area contributed by atoms with Crippen LogP contribution in [0.2, 0.25) is 0 Å². The van der Waals surface area contributed by atoms with E-state index in [9.17, 15) is 0 Å². The van der Waals surface area contributed by atoms with Crippen LogP contribution in [-0.4, -0.2) is 36.6 Å². The lowest BCUT2D eigenvalue weighted by Crippen LogP contribution is -2.52. The Morgan fingerprint density at radius 3 is 2.40 bits per heavy atom. The molecule has 2 atom stereocenters. The van der Waals surface area contributed by atoms with E-state index < -0.39 is 0 Å². The molecule has 0 amide bonds. The summed E-state index contributed by atoms with van der Waals surface area (Å²) in [6, 6.07) is 2.01. The molecule has 0 aromatic heterocycles. The van der Waals surface area contributed by atoms with Gasteiger partial charge < -0.3 is 5.32 Å². The van der Waals surface area contributed by atoms with Crippen LogP contribution in [-0.2, 0) is 0 Å². The van der Waals surface area contributed by atoms with Crippen LogP contribution in [0.15, 0.2) is 0 Å². The van der Waals surface area contributed by atoms with Crippen molar-refractivity contribution in [1.82, 2.24) is 10.2 Å². The van der Waals surface area contributed by atoms with Gasteiger partial charge in [-0.3, -0.25) is 4.90 Å². The van der Waals surface area contributed by atoms with Crippen LogP contribution in [0.3, 0.4) is 0 Å². The van der Waals surface area contributed by atoms with Crippen LogP contribution < -0.4 is 5.32 Å². The minimum absolute atomic E-state index is 0.446. The van der Waals surface area contributed by atoms with Crippen molar-refractivity contribution in [2.24, 2.45) is 5.41 Å². The SMILES string of the molecule is CCN(C(C)C)C1CCC(C)(C)C1NC. The Morgan fingerprint density at radius 2 is 2.00 bits per heavy atom. The van der Waals surface area contributed by atoms with Gasteiger partial charge in [0.25, 0.3) is 0 Å². The molecule has 2 unspecified atom stereocenters. The van der Waals surface area contributed by atoms with Crippen LogP contribution in [0.1, 0.15) is 47.5 Å². The summed E-state index contributed by atoms with van der Waals surface area (Å²) in [5.41, 5.74) is 0.446. The van der Waals surface area contributed by atoms with Crippen molar-refractivity contribution in [3.05, 3.63) is 0 Å². The number of nitrogens with one attached hydrogen (secondary N) is 1. The molecule has 0 bridgehead atoms. The molecule has 0 heterocycles. The second-order valence-corrected chi connectivity index (χ2v) is 5.79. The quantitative estimate of drug-likeness (QED) is 0.770. The highest BCUT2D eigenvalue weighted by Gasteiger charge is 2.43. The van der Waals surface area contributed by atoms with E-state index >= 15 is 0 Å². The first-order valence-corrected chi connectivity index (χ1v) is 6.37. The molecular formula is C13H28N2. The van der Waals surface area contributed by atoms with Crippen LogP contribution >= 0.6 is 0 Å². The number of nitrogens with zero attached hydrogens (tertiary/aromatic N) is 1. The van der Waals surface area contributed by atoms with Gasteiger partial charge in [-0.15, -0.1) is 0 Å². The zero-order valence-electron chi connectivity index (χ0n) is 11.3. The van der Waals surface area contributed by atoms with E-state index in [4.69, 9.17) is 0 Å². The van der Waals surface area contributed by atoms with E-state index in [0.29, 0.717) is 17.5 Å². The van der Waals surface area contributed by atoms with Gasteiger partial charge in [0.05, 0.1) is 0 Å². The normalized spacial score (nSPS) is 30.4. The van der Waals surface area contributed by atoms with Gasteiger partial charge in [0, 0.05) is 18.1 Å². The Kier molecular flexibility index (Phi) is 4.19. The van der Waals surface area contributed by atoms with Crippen molar-refractivity contribution in [2.75, 3.05) is 13.6 Å². The first-order valence-electron chi connectivity index (χ1n) is 6.37. The minimum atomic E-state index is 0.446. The molecule has 0 spiro atoms. The summed E-state index contributed by atoms with van der Waals surface area (Å²) in [5.74, 6) is 0. The molecule has 1 saturated carbocycles. The Labute approximate surface area is 95.4 Å². The van der Waals surface area contributed by atoms with Crippen molar-refractivity contribution in [2.45, 2.75) is 65.6 Å². The molecular weight excluding hydrogens is 184 g/mol. The molecule has 0 radical (unpaired) electrons. The molecule has 1 N–H and O–H groups in total. The van der Waals surface area contributed by atoms with Gasteiger partial charge in [-0.2, -0.15) is 0 Å². The number of hydrogen-bond acceptors (Lipinski definition) is 2. The van der Waals surface area contributed by atoms with Crippen molar-refractivity contribution < 1.29 is 0 Å². The Hall–Kier alpha value is -0.0800. The lowest BCUT2D eigenvalue weighted by molar-refractivity contribution is 0.123. The average Bonchev–Trinajstić information content (AvgIpc) is 2.42. The second-order valence-electron chi connectivity index (χ2n) is 5.79. The third-order valence-corrected chi connectivity index (χ3v) is 4.08. The summed E-state index contributed by atoms with van der Waals surface area (Å²) >= 11 is 0. The first kappa shape index (κ1) is 13.0. The monoisotopic (exact) mass is 212 g/mol. The number of rotatable bonds is 4. The second kappa shape index (κ2) is 4.84. The summed E-state index contributed by atoms with van der Waals surface area (Å²) in [6.45, 7) is 12.8. The molecule has 1 fully saturated rings. The van der Waals surface area contributed by atoms with E-state index in [0.717, 1.165) is 12.6 Å². The Bertz CT molecular complexity index is 199. The molecule has 0 aromatic rings. The van der Waals surface area contributed by atoms with Gasteiger partial charge >= 0.3 is 0 Å². The highest BCUT2D eigenvalue weighted by atomic mass is 15.2. The molecule has 1 aliphatic rings. The third-order valence-electron chi connectivity index (χ3n) is 4.08. The lowest BCUT2D eigenvalue weighted by atomic mass is 9.86. The summed E-state index contributed by atoms with van der Waals surface area (Å²) in [5, 5.41) is 3.53. The zero-order valence-corrected chi connectivity index (χ0v) is 11.3. The fourth-order valence-corrected chi connectivity index (χ4v) is 3.29. The maximum absolute atomic E-state index is 3.53. The highest BCUT2D eigenvalue weighted by molar-refractivity contribution is 5.00. The summed E-state index contributed by atoms with van der Waals surface area (Å²) in [4.78, 5) is 2.63. The van der Waals surface area contributed by atoms with Crippen molar-refractivity contribution in [1.29, 1.82) is 0 Å². The smallest absolute Gasteiger partial charge is 0.0271 e. The fourth-order valence-electron chi connectivity index (χ4n) is 3.29. The van der Waals surface area contributed by atoms with E-state index in [1.54, 1.807) is 0 Å². The molecule has 90 valence electrons. The fraction of sp³-hybridized carbons (Fsp3) is 1.00. The molecule has 1 aliphatic carbocycles. The molecule has 1 rings (SSSR count). The van der Waals surface area contributed by atoms with Gasteiger partial charge in [-0.25, -0.2) is 0 Å². The Balaban J connectivity index is 2.78.